The molecule has 0 bridgehead atoms. The predicted molar refractivity (Wildman–Crippen MR) is 93.1 cm³/mol. The number of rotatable bonds is 14. The minimum Gasteiger partial charge on any atom is -0.481 e. The second-order valence-electron chi connectivity index (χ2n) is 5.95. The van der Waals surface area contributed by atoms with Gasteiger partial charge in [0.1, 0.15) is 12.1 Å². The maximum absolute atomic E-state index is 12.4. The topological polar surface area (TPSA) is 228 Å². The first-order valence-corrected chi connectivity index (χ1v) is 8.37. The van der Waals surface area contributed by atoms with Gasteiger partial charge in [-0.15, -0.1) is 0 Å². The van der Waals surface area contributed by atoms with Crippen LogP contribution in [-0.2, 0) is 24.0 Å². The SMILES string of the molecule is NCCCCC(NC(=O)C(N)CCC(=O)O)C(=O)NC(CC(N)=O)C(=O)O. The molecule has 0 saturated heterocycles. The number of carbonyl (C=O) groups is 5. The smallest absolute Gasteiger partial charge is 0.326 e. The lowest BCUT2D eigenvalue weighted by atomic mass is 10.1. The summed E-state index contributed by atoms with van der Waals surface area (Å²) in [5, 5.41) is 22.2. The van der Waals surface area contributed by atoms with Gasteiger partial charge in [0.15, 0.2) is 0 Å². The van der Waals surface area contributed by atoms with Gasteiger partial charge in [0.2, 0.25) is 17.7 Å². The monoisotopic (exact) mass is 389 g/mol. The van der Waals surface area contributed by atoms with Crippen LogP contribution in [0.25, 0.3) is 0 Å². The first-order chi connectivity index (χ1) is 12.6. The van der Waals surface area contributed by atoms with E-state index in [4.69, 9.17) is 27.4 Å². The van der Waals surface area contributed by atoms with Crippen molar-refractivity contribution in [2.45, 2.75) is 56.7 Å². The molecule has 0 aromatic rings. The van der Waals surface area contributed by atoms with E-state index in [-0.39, 0.29) is 19.3 Å². The first kappa shape index (κ1) is 24.3. The molecule has 3 unspecified atom stereocenters. The van der Waals surface area contributed by atoms with Crippen molar-refractivity contribution in [3.05, 3.63) is 0 Å². The summed E-state index contributed by atoms with van der Waals surface area (Å²) in [4.78, 5) is 57.0. The molecular weight excluding hydrogens is 362 g/mol. The molecule has 0 aliphatic heterocycles. The van der Waals surface area contributed by atoms with Gasteiger partial charge in [-0.3, -0.25) is 19.2 Å². The largest absolute Gasteiger partial charge is 0.481 e. The van der Waals surface area contributed by atoms with E-state index in [1.165, 1.54) is 0 Å². The number of unbranched alkanes of at least 4 members (excludes halogenated alkanes) is 1. The third kappa shape index (κ3) is 10.8. The minimum absolute atomic E-state index is 0.127. The zero-order chi connectivity index (χ0) is 21.0. The van der Waals surface area contributed by atoms with E-state index in [1.807, 2.05) is 0 Å². The Morgan fingerprint density at radius 2 is 1.48 bits per heavy atom. The lowest BCUT2D eigenvalue weighted by Crippen LogP contribution is -2.55. The van der Waals surface area contributed by atoms with Crippen LogP contribution in [0, 0.1) is 0 Å². The third-order valence-electron chi connectivity index (χ3n) is 3.61. The Morgan fingerprint density at radius 3 is 1.96 bits per heavy atom. The molecular formula is C15H27N5O7. The summed E-state index contributed by atoms with van der Waals surface area (Å²) >= 11 is 0. The summed E-state index contributed by atoms with van der Waals surface area (Å²) in [6.45, 7) is 0.361. The molecule has 0 aliphatic carbocycles. The van der Waals surface area contributed by atoms with Crippen molar-refractivity contribution in [2.24, 2.45) is 17.2 Å². The molecule has 0 aromatic carbocycles. The number of carboxylic acid groups (broad SMARTS) is 2. The summed E-state index contributed by atoms with van der Waals surface area (Å²) in [5.74, 6) is -5.05. The number of amides is 3. The molecule has 12 nitrogen and oxygen atoms in total. The number of nitrogens with one attached hydrogen (secondary N) is 2. The summed E-state index contributed by atoms with van der Waals surface area (Å²) < 4.78 is 0. The molecule has 0 aromatic heterocycles. The van der Waals surface area contributed by atoms with Gasteiger partial charge in [0.05, 0.1) is 12.5 Å². The van der Waals surface area contributed by atoms with Crippen LogP contribution >= 0.6 is 0 Å². The molecule has 0 aliphatic rings. The Bertz CT molecular complexity index is 555. The predicted octanol–water partition coefficient (Wildman–Crippen LogP) is -2.76. The molecule has 27 heavy (non-hydrogen) atoms. The Labute approximate surface area is 155 Å². The fourth-order valence-corrected chi connectivity index (χ4v) is 2.12. The van der Waals surface area contributed by atoms with E-state index < -0.39 is 54.2 Å². The zero-order valence-corrected chi connectivity index (χ0v) is 14.8. The number of aliphatic carboxylic acids is 2. The number of carbonyl (C=O) groups excluding carboxylic acids is 3. The van der Waals surface area contributed by atoms with Crippen LogP contribution in [0.5, 0.6) is 0 Å². The standard InChI is InChI=1S/C15H27N5O7/c16-6-2-1-3-9(19-13(24)8(17)4-5-12(22)23)14(25)20-10(15(26)27)7-11(18)21/h8-10H,1-7,16-17H2,(H2,18,21)(H,19,24)(H,20,25)(H,22,23)(H,26,27). The van der Waals surface area contributed by atoms with Gasteiger partial charge in [0, 0.05) is 6.42 Å². The van der Waals surface area contributed by atoms with Gasteiger partial charge in [0.25, 0.3) is 0 Å². The van der Waals surface area contributed by atoms with Gasteiger partial charge in [-0.25, -0.2) is 4.79 Å². The zero-order valence-electron chi connectivity index (χ0n) is 14.8. The molecule has 0 saturated carbocycles. The quantitative estimate of drug-likeness (QED) is 0.152. The van der Waals surface area contributed by atoms with Crippen molar-refractivity contribution >= 4 is 29.7 Å². The maximum atomic E-state index is 12.4. The fourth-order valence-electron chi connectivity index (χ4n) is 2.12. The lowest BCUT2D eigenvalue weighted by molar-refractivity contribution is -0.143. The average molecular weight is 389 g/mol. The van der Waals surface area contributed by atoms with E-state index in [9.17, 15) is 24.0 Å². The van der Waals surface area contributed by atoms with Crippen LogP contribution < -0.4 is 27.8 Å². The normalized spacial score (nSPS) is 13.9. The van der Waals surface area contributed by atoms with Gasteiger partial charge in [-0.1, -0.05) is 0 Å². The Hall–Kier alpha value is -2.73. The summed E-state index contributed by atoms with van der Waals surface area (Å²) in [6, 6.07) is -3.80. The van der Waals surface area contributed by atoms with Crippen LogP contribution in [0.2, 0.25) is 0 Å². The number of nitrogens with two attached hydrogens (primary N) is 3. The summed E-state index contributed by atoms with van der Waals surface area (Å²) in [7, 11) is 0. The summed E-state index contributed by atoms with van der Waals surface area (Å²) in [5.41, 5.74) is 16.0. The molecule has 3 amide bonds. The molecule has 0 heterocycles. The highest BCUT2D eigenvalue weighted by molar-refractivity contribution is 5.93. The number of primary amides is 1. The molecule has 12 heteroatoms. The first-order valence-electron chi connectivity index (χ1n) is 8.37. The highest BCUT2D eigenvalue weighted by atomic mass is 16.4. The van der Waals surface area contributed by atoms with E-state index in [2.05, 4.69) is 10.6 Å². The highest BCUT2D eigenvalue weighted by Crippen LogP contribution is 2.04. The number of hydrogen-bond donors (Lipinski definition) is 7. The molecule has 154 valence electrons. The van der Waals surface area contributed by atoms with E-state index in [0.29, 0.717) is 19.4 Å². The van der Waals surface area contributed by atoms with Crippen LogP contribution in [0.3, 0.4) is 0 Å². The van der Waals surface area contributed by atoms with Crippen LogP contribution in [0.4, 0.5) is 0 Å². The Kier molecular flexibility index (Phi) is 11.3. The number of hydrogen-bond acceptors (Lipinski definition) is 7. The molecule has 0 radical (unpaired) electrons. The van der Waals surface area contributed by atoms with E-state index >= 15 is 0 Å². The van der Waals surface area contributed by atoms with Crippen molar-refractivity contribution < 1.29 is 34.2 Å². The Balaban J connectivity index is 5.01. The van der Waals surface area contributed by atoms with Crippen LogP contribution in [-0.4, -0.2) is 64.5 Å². The van der Waals surface area contributed by atoms with Crippen molar-refractivity contribution in [2.75, 3.05) is 6.54 Å². The van der Waals surface area contributed by atoms with Gasteiger partial charge in [-0.05, 0) is 32.2 Å². The van der Waals surface area contributed by atoms with Gasteiger partial charge < -0.3 is 38.0 Å². The van der Waals surface area contributed by atoms with Crippen molar-refractivity contribution in [1.82, 2.24) is 10.6 Å². The molecule has 0 rings (SSSR count). The van der Waals surface area contributed by atoms with Gasteiger partial charge in [-0.2, -0.15) is 0 Å². The van der Waals surface area contributed by atoms with E-state index in [1.54, 1.807) is 0 Å². The molecule has 3 atom stereocenters. The van der Waals surface area contributed by atoms with Crippen molar-refractivity contribution in [3.63, 3.8) is 0 Å². The summed E-state index contributed by atoms with van der Waals surface area (Å²) in [6.07, 6.45) is 0.128. The Morgan fingerprint density at radius 1 is 0.889 bits per heavy atom. The molecule has 0 spiro atoms. The molecule has 0 fully saturated rings. The second kappa shape index (κ2) is 12.6. The van der Waals surface area contributed by atoms with Crippen LogP contribution in [0.15, 0.2) is 0 Å². The minimum atomic E-state index is -1.54. The van der Waals surface area contributed by atoms with Crippen molar-refractivity contribution in [3.8, 4) is 0 Å². The third-order valence-corrected chi connectivity index (χ3v) is 3.61. The van der Waals surface area contributed by atoms with Crippen molar-refractivity contribution in [1.29, 1.82) is 0 Å². The molecule has 10 N–H and O–H groups in total. The maximum Gasteiger partial charge on any atom is 0.326 e. The lowest BCUT2D eigenvalue weighted by Gasteiger charge is -2.22. The number of carboxylic acids is 2. The van der Waals surface area contributed by atoms with Crippen LogP contribution in [0.1, 0.15) is 38.5 Å². The second-order valence-corrected chi connectivity index (χ2v) is 5.95. The fraction of sp³-hybridized carbons (Fsp3) is 0.667. The van der Waals surface area contributed by atoms with Gasteiger partial charge >= 0.3 is 11.9 Å². The van der Waals surface area contributed by atoms with E-state index in [0.717, 1.165) is 0 Å². The average Bonchev–Trinajstić information content (AvgIpc) is 2.57. The highest BCUT2D eigenvalue weighted by Gasteiger charge is 2.28.